The molecule has 0 radical (unpaired) electrons. The maximum atomic E-state index is 12.7. The molecule has 0 saturated heterocycles. The maximum Gasteiger partial charge on any atom is 0.179 e. The van der Waals surface area contributed by atoms with E-state index in [2.05, 4.69) is 30.5 Å². The molecule has 3 N–H and O–H groups in total. The number of hydrogen-bond acceptors (Lipinski definition) is 3. The summed E-state index contributed by atoms with van der Waals surface area (Å²) in [5.74, 6) is 0.561. The van der Waals surface area contributed by atoms with Gasteiger partial charge in [0, 0.05) is 24.2 Å². The molecule has 4 nitrogen and oxygen atoms in total. The molecule has 2 unspecified atom stereocenters. The van der Waals surface area contributed by atoms with Gasteiger partial charge in [-0.1, -0.05) is 37.3 Å². The lowest BCUT2D eigenvalue weighted by molar-refractivity contribution is 0.0968. The lowest BCUT2D eigenvalue weighted by Gasteiger charge is -2.22. The molecule has 0 bridgehead atoms. The fourth-order valence-electron chi connectivity index (χ4n) is 3.26. The standard InChI is InChI=1S/C22H32N2O2/c1-4-24-19(14-15-22(3,23)16-25)11-12-20(24)21(26)13-10-17(2)18-8-6-5-7-9-18/h5-9,11-12,17,25H,4,10,13-16,23H2,1-3H3. The molecule has 2 atom stereocenters. The maximum absolute atomic E-state index is 12.7. The monoisotopic (exact) mass is 356 g/mol. The van der Waals surface area contributed by atoms with Gasteiger partial charge in [0.2, 0.25) is 0 Å². The van der Waals surface area contributed by atoms with Crippen molar-refractivity contribution < 1.29 is 9.90 Å². The Morgan fingerprint density at radius 1 is 1.23 bits per heavy atom. The van der Waals surface area contributed by atoms with E-state index in [-0.39, 0.29) is 12.4 Å². The van der Waals surface area contributed by atoms with Gasteiger partial charge < -0.3 is 15.4 Å². The first-order valence-electron chi connectivity index (χ1n) is 9.54. The summed E-state index contributed by atoms with van der Waals surface area (Å²) >= 11 is 0. The van der Waals surface area contributed by atoms with E-state index < -0.39 is 5.54 Å². The van der Waals surface area contributed by atoms with Gasteiger partial charge in [-0.15, -0.1) is 0 Å². The van der Waals surface area contributed by atoms with Crippen LogP contribution in [0.15, 0.2) is 42.5 Å². The van der Waals surface area contributed by atoms with E-state index in [0.717, 1.165) is 30.8 Å². The molecule has 4 heteroatoms. The molecule has 0 aliphatic rings. The first kappa shape index (κ1) is 20.4. The van der Waals surface area contributed by atoms with Crippen molar-refractivity contribution in [3.8, 4) is 0 Å². The Balaban J connectivity index is 2.00. The van der Waals surface area contributed by atoms with Crippen molar-refractivity contribution in [1.82, 2.24) is 4.57 Å². The molecule has 0 amide bonds. The van der Waals surface area contributed by atoms with Crippen LogP contribution in [0.5, 0.6) is 0 Å². The minimum absolute atomic E-state index is 0.0387. The van der Waals surface area contributed by atoms with Gasteiger partial charge in [-0.05, 0) is 56.7 Å². The predicted molar refractivity (Wildman–Crippen MR) is 107 cm³/mol. The number of aliphatic hydroxyl groups is 1. The van der Waals surface area contributed by atoms with Crippen LogP contribution in [0.1, 0.15) is 67.7 Å². The number of aromatic nitrogens is 1. The third kappa shape index (κ3) is 5.29. The summed E-state index contributed by atoms with van der Waals surface area (Å²) in [6, 6.07) is 14.3. The van der Waals surface area contributed by atoms with E-state index in [1.807, 2.05) is 37.3 Å². The van der Waals surface area contributed by atoms with Crippen LogP contribution in [0, 0.1) is 0 Å². The zero-order chi connectivity index (χ0) is 19.2. The second kappa shape index (κ2) is 9.15. The van der Waals surface area contributed by atoms with Gasteiger partial charge in [-0.25, -0.2) is 0 Å². The lowest BCUT2D eigenvalue weighted by Crippen LogP contribution is -2.40. The second-order valence-electron chi connectivity index (χ2n) is 7.54. The molecule has 142 valence electrons. The van der Waals surface area contributed by atoms with Crippen LogP contribution in [0.25, 0.3) is 0 Å². The van der Waals surface area contributed by atoms with Gasteiger partial charge in [0.25, 0.3) is 0 Å². The Labute approximate surface area is 157 Å². The van der Waals surface area contributed by atoms with Crippen molar-refractivity contribution >= 4 is 5.78 Å². The summed E-state index contributed by atoms with van der Waals surface area (Å²) in [6.07, 6.45) is 2.84. The van der Waals surface area contributed by atoms with Crippen molar-refractivity contribution in [2.75, 3.05) is 6.61 Å². The number of nitrogens with zero attached hydrogens (tertiary/aromatic N) is 1. The minimum Gasteiger partial charge on any atom is -0.394 e. The molecule has 0 aliphatic heterocycles. The zero-order valence-electron chi connectivity index (χ0n) is 16.2. The fourth-order valence-corrected chi connectivity index (χ4v) is 3.26. The fraction of sp³-hybridized carbons (Fsp3) is 0.500. The van der Waals surface area contributed by atoms with E-state index in [1.54, 1.807) is 0 Å². The molecule has 0 spiro atoms. The van der Waals surface area contributed by atoms with E-state index in [9.17, 15) is 9.90 Å². The van der Waals surface area contributed by atoms with E-state index in [0.29, 0.717) is 18.8 Å². The van der Waals surface area contributed by atoms with E-state index >= 15 is 0 Å². The number of Topliss-reactive ketones (excluding diaryl/α,β-unsaturated/α-hetero) is 1. The summed E-state index contributed by atoms with van der Waals surface area (Å²) < 4.78 is 2.09. The Bertz CT molecular complexity index is 704. The highest BCUT2D eigenvalue weighted by atomic mass is 16.3. The zero-order valence-corrected chi connectivity index (χ0v) is 16.2. The number of aryl methyl sites for hydroxylation is 1. The molecular weight excluding hydrogens is 324 g/mol. The van der Waals surface area contributed by atoms with Crippen LogP contribution in [0.4, 0.5) is 0 Å². The molecule has 1 aromatic heterocycles. The van der Waals surface area contributed by atoms with Crippen molar-refractivity contribution in [3.63, 3.8) is 0 Å². The molecule has 2 aromatic rings. The molecule has 1 aromatic carbocycles. The van der Waals surface area contributed by atoms with E-state index in [4.69, 9.17) is 5.73 Å². The molecule has 1 heterocycles. The van der Waals surface area contributed by atoms with Gasteiger partial charge in [0.1, 0.15) is 0 Å². The quantitative estimate of drug-likeness (QED) is 0.634. The molecule has 0 fully saturated rings. The Morgan fingerprint density at radius 2 is 1.92 bits per heavy atom. The number of nitrogens with two attached hydrogens (primary N) is 1. The smallest absolute Gasteiger partial charge is 0.179 e. The first-order chi connectivity index (χ1) is 12.4. The third-order valence-corrected chi connectivity index (χ3v) is 5.16. The Hall–Kier alpha value is -1.91. The van der Waals surface area contributed by atoms with Crippen LogP contribution in [0.2, 0.25) is 0 Å². The van der Waals surface area contributed by atoms with Gasteiger partial charge in [-0.2, -0.15) is 0 Å². The number of ketones is 1. The molecule has 0 saturated carbocycles. The number of rotatable bonds is 10. The van der Waals surface area contributed by atoms with Crippen molar-refractivity contribution in [2.45, 2.75) is 64.5 Å². The SMILES string of the molecule is CCn1c(CCC(C)(N)CO)ccc1C(=O)CCC(C)c1ccccc1. The largest absolute Gasteiger partial charge is 0.394 e. The Kier molecular flexibility index (Phi) is 7.18. The van der Waals surface area contributed by atoms with Crippen LogP contribution >= 0.6 is 0 Å². The minimum atomic E-state index is -0.585. The van der Waals surface area contributed by atoms with Gasteiger partial charge in [0.05, 0.1) is 12.3 Å². The third-order valence-electron chi connectivity index (χ3n) is 5.16. The highest BCUT2D eigenvalue weighted by molar-refractivity contribution is 5.94. The number of carbonyl (C=O) groups is 1. The highest BCUT2D eigenvalue weighted by Gasteiger charge is 2.20. The topological polar surface area (TPSA) is 68.2 Å². The number of benzene rings is 1. The second-order valence-corrected chi connectivity index (χ2v) is 7.54. The van der Waals surface area contributed by atoms with Crippen LogP contribution < -0.4 is 5.73 Å². The van der Waals surface area contributed by atoms with E-state index in [1.165, 1.54) is 5.56 Å². The summed E-state index contributed by atoms with van der Waals surface area (Å²) in [6.45, 7) is 6.80. The van der Waals surface area contributed by atoms with Gasteiger partial charge >= 0.3 is 0 Å². The molecule has 26 heavy (non-hydrogen) atoms. The summed E-state index contributed by atoms with van der Waals surface area (Å²) in [5, 5.41) is 9.32. The van der Waals surface area contributed by atoms with Crippen molar-refractivity contribution in [1.29, 1.82) is 0 Å². The summed E-state index contributed by atoms with van der Waals surface area (Å²) in [7, 11) is 0. The van der Waals surface area contributed by atoms with Crippen LogP contribution in [-0.2, 0) is 13.0 Å². The number of carbonyl (C=O) groups excluding carboxylic acids is 1. The number of hydrogen-bond donors (Lipinski definition) is 2. The molecule has 0 aliphatic carbocycles. The number of aliphatic hydroxyl groups excluding tert-OH is 1. The van der Waals surface area contributed by atoms with Gasteiger partial charge in [0.15, 0.2) is 5.78 Å². The molecule has 2 rings (SSSR count). The normalized spacial score (nSPS) is 14.8. The average Bonchev–Trinajstić information content (AvgIpc) is 3.08. The average molecular weight is 357 g/mol. The van der Waals surface area contributed by atoms with Crippen molar-refractivity contribution in [2.24, 2.45) is 5.73 Å². The van der Waals surface area contributed by atoms with Crippen molar-refractivity contribution in [3.05, 3.63) is 59.4 Å². The lowest BCUT2D eigenvalue weighted by atomic mass is 9.95. The van der Waals surface area contributed by atoms with Crippen LogP contribution in [0.3, 0.4) is 0 Å². The van der Waals surface area contributed by atoms with Gasteiger partial charge in [-0.3, -0.25) is 4.79 Å². The highest BCUT2D eigenvalue weighted by Crippen LogP contribution is 2.23. The summed E-state index contributed by atoms with van der Waals surface area (Å²) in [4.78, 5) is 12.7. The summed E-state index contributed by atoms with van der Waals surface area (Å²) in [5.41, 5.74) is 8.61. The Morgan fingerprint density at radius 3 is 2.54 bits per heavy atom. The first-order valence-corrected chi connectivity index (χ1v) is 9.54. The predicted octanol–water partition coefficient (Wildman–Crippen LogP) is 3.92. The molecular formula is C22H32N2O2. The van der Waals surface area contributed by atoms with Crippen LogP contribution in [-0.4, -0.2) is 27.6 Å².